The molecule has 0 spiro atoms. The molecule has 0 heterocycles. The van der Waals surface area contributed by atoms with Gasteiger partial charge >= 0.3 is 5.97 Å². The number of phenolic OH excluding ortho intramolecular Hbond substituents is 1. The molecule has 0 bridgehead atoms. The topological polar surface area (TPSA) is 57.5 Å². The maximum Gasteiger partial charge on any atom is 0.304 e. The fraction of sp³-hybridized carbons (Fsp3) is 0.562. The third-order valence-corrected chi connectivity index (χ3v) is 5.73. The summed E-state index contributed by atoms with van der Waals surface area (Å²) in [5.74, 6) is -0.503. The van der Waals surface area contributed by atoms with E-state index in [4.69, 9.17) is 5.11 Å². The van der Waals surface area contributed by atoms with Crippen molar-refractivity contribution in [3.63, 3.8) is 0 Å². The molecule has 0 saturated heterocycles. The fourth-order valence-corrected chi connectivity index (χ4v) is 4.38. The number of rotatable bonds is 3. The summed E-state index contributed by atoms with van der Waals surface area (Å²) in [6, 6.07) is 0. The van der Waals surface area contributed by atoms with E-state index in [9.17, 15) is 9.90 Å². The zero-order valence-corrected chi connectivity index (χ0v) is 13.2. The molecule has 1 saturated carbocycles. The largest absolute Gasteiger partial charge is 0.506 e. The van der Waals surface area contributed by atoms with Gasteiger partial charge in [-0.1, -0.05) is 0 Å². The van der Waals surface area contributed by atoms with Gasteiger partial charge in [0.05, 0.1) is 10.9 Å². The number of hydrogen-bond acceptors (Lipinski definition) is 2. The van der Waals surface area contributed by atoms with Gasteiger partial charge in [-0.25, -0.2) is 0 Å². The van der Waals surface area contributed by atoms with Crippen molar-refractivity contribution < 1.29 is 15.0 Å². The van der Waals surface area contributed by atoms with Crippen LogP contribution in [-0.2, 0) is 23.1 Å². The number of hydrogen-bond donors (Lipinski definition) is 2. The van der Waals surface area contributed by atoms with Crippen molar-refractivity contribution in [3.05, 3.63) is 26.7 Å². The highest BCUT2D eigenvalue weighted by atomic mass is 79.9. The highest BCUT2D eigenvalue weighted by molar-refractivity contribution is 9.10. The monoisotopic (exact) mass is 338 g/mol. The van der Waals surface area contributed by atoms with E-state index in [0.717, 1.165) is 47.7 Å². The molecule has 4 heteroatoms. The Balaban J connectivity index is 2.17. The number of aromatic hydroxyl groups is 1. The van der Waals surface area contributed by atoms with E-state index in [1.54, 1.807) is 0 Å². The molecule has 1 fully saturated rings. The Hall–Kier alpha value is -1.03. The van der Waals surface area contributed by atoms with E-state index in [-0.39, 0.29) is 17.6 Å². The second kappa shape index (κ2) is 4.76. The third kappa shape index (κ3) is 2.05. The second-order valence-corrected chi connectivity index (χ2v) is 6.97. The summed E-state index contributed by atoms with van der Waals surface area (Å²) in [5.41, 5.74) is 4.22. The van der Waals surface area contributed by atoms with Crippen molar-refractivity contribution in [2.75, 3.05) is 0 Å². The molecule has 0 aliphatic heterocycles. The molecule has 0 radical (unpaired) electrons. The maximum absolute atomic E-state index is 11.1. The minimum absolute atomic E-state index is 0.118. The maximum atomic E-state index is 11.1. The van der Waals surface area contributed by atoms with Crippen molar-refractivity contribution in [3.8, 4) is 5.75 Å². The predicted molar refractivity (Wildman–Crippen MR) is 80.4 cm³/mol. The lowest BCUT2D eigenvalue weighted by molar-refractivity contribution is -0.137. The zero-order chi connectivity index (χ0) is 14.5. The number of carboxylic acid groups (broad SMARTS) is 1. The molecule has 0 amide bonds. The molecular formula is C16H19BrO3. The Morgan fingerprint density at radius 2 is 1.85 bits per heavy atom. The average molecular weight is 339 g/mol. The first kappa shape index (κ1) is 13.9. The minimum Gasteiger partial charge on any atom is -0.506 e. The first-order valence-corrected chi connectivity index (χ1v) is 8.00. The summed E-state index contributed by atoms with van der Waals surface area (Å²) in [6.45, 7) is 2.05. The Morgan fingerprint density at radius 1 is 1.25 bits per heavy atom. The van der Waals surface area contributed by atoms with E-state index < -0.39 is 5.97 Å². The second-order valence-electron chi connectivity index (χ2n) is 6.18. The van der Waals surface area contributed by atoms with Gasteiger partial charge in [-0.15, -0.1) is 0 Å². The van der Waals surface area contributed by atoms with E-state index in [1.807, 2.05) is 6.92 Å². The molecule has 1 aromatic carbocycles. The van der Waals surface area contributed by atoms with Crippen LogP contribution >= 0.6 is 15.9 Å². The van der Waals surface area contributed by atoms with E-state index in [2.05, 4.69) is 15.9 Å². The Labute approximate surface area is 127 Å². The molecule has 2 aliphatic carbocycles. The summed E-state index contributed by atoms with van der Waals surface area (Å²) < 4.78 is 0.796. The lowest BCUT2D eigenvalue weighted by Gasteiger charge is -2.27. The van der Waals surface area contributed by atoms with Crippen molar-refractivity contribution in [1.82, 2.24) is 0 Å². The molecule has 108 valence electrons. The van der Waals surface area contributed by atoms with Gasteiger partial charge in [-0.2, -0.15) is 0 Å². The summed E-state index contributed by atoms with van der Waals surface area (Å²) in [6.07, 6.45) is 6.21. The first-order valence-electron chi connectivity index (χ1n) is 7.21. The van der Waals surface area contributed by atoms with Gasteiger partial charge in [0, 0.05) is 11.0 Å². The molecule has 3 nitrogen and oxygen atoms in total. The predicted octanol–water partition coefficient (Wildman–Crippen LogP) is 3.85. The molecule has 20 heavy (non-hydrogen) atoms. The number of benzene rings is 1. The van der Waals surface area contributed by atoms with Gasteiger partial charge in [-0.3, -0.25) is 4.79 Å². The summed E-state index contributed by atoms with van der Waals surface area (Å²) in [5, 5.41) is 19.7. The molecule has 0 unspecified atom stereocenters. The van der Waals surface area contributed by atoms with Crippen LogP contribution in [0, 0.1) is 6.92 Å². The van der Waals surface area contributed by atoms with Gasteiger partial charge in [0.15, 0.2) is 0 Å². The van der Waals surface area contributed by atoms with Gasteiger partial charge in [0.25, 0.3) is 0 Å². The minimum atomic E-state index is -0.782. The molecule has 0 atom stereocenters. The number of fused-ring (bicyclic) bond motifs is 1. The lowest BCUT2D eigenvalue weighted by Crippen LogP contribution is -2.18. The van der Waals surface area contributed by atoms with Crippen LogP contribution in [0.5, 0.6) is 5.75 Å². The molecule has 0 aromatic heterocycles. The Morgan fingerprint density at radius 3 is 2.40 bits per heavy atom. The normalized spacial score (nSPS) is 19.5. The van der Waals surface area contributed by atoms with Gasteiger partial charge < -0.3 is 10.2 Å². The molecule has 1 aromatic rings. The van der Waals surface area contributed by atoms with Crippen LogP contribution in [0.3, 0.4) is 0 Å². The number of carboxylic acids is 1. The number of halogens is 1. The summed E-state index contributed by atoms with van der Waals surface area (Å²) in [4.78, 5) is 11.1. The van der Waals surface area contributed by atoms with Crippen LogP contribution in [0.4, 0.5) is 0 Å². The van der Waals surface area contributed by atoms with Crippen LogP contribution in [0.1, 0.15) is 54.4 Å². The highest BCUT2D eigenvalue weighted by Crippen LogP contribution is 2.57. The molecular weight excluding hydrogens is 320 g/mol. The first-order chi connectivity index (χ1) is 9.46. The molecule has 2 N–H and O–H groups in total. The summed E-state index contributed by atoms with van der Waals surface area (Å²) >= 11 is 3.54. The highest BCUT2D eigenvalue weighted by Gasteiger charge is 2.49. The number of phenols is 1. The van der Waals surface area contributed by atoms with E-state index >= 15 is 0 Å². The van der Waals surface area contributed by atoms with Gasteiger partial charge in [-0.05, 0) is 78.1 Å². The summed E-state index contributed by atoms with van der Waals surface area (Å²) in [7, 11) is 0. The standard InChI is InChI=1S/C16H19BrO3/c1-9-10-4-2-3-5-11(10)14(17)15(20)13(9)16(6-7-16)8-12(18)19/h20H,2-8H2,1H3,(H,18,19). The van der Waals surface area contributed by atoms with E-state index in [1.165, 1.54) is 17.5 Å². The van der Waals surface area contributed by atoms with Gasteiger partial charge in [0.2, 0.25) is 0 Å². The molecule has 3 rings (SSSR count). The number of carbonyl (C=O) groups is 1. The lowest BCUT2D eigenvalue weighted by atomic mass is 9.80. The van der Waals surface area contributed by atoms with Gasteiger partial charge in [0.1, 0.15) is 5.75 Å². The zero-order valence-electron chi connectivity index (χ0n) is 11.6. The van der Waals surface area contributed by atoms with Crippen molar-refractivity contribution in [2.45, 2.75) is 57.3 Å². The van der Waals surface area contributed by atoms with Crippen LogP contribution in [0.15, 0.2) is 4.47 Å². The number of aliphatic carboxylic acids is 1. The fourth-order valence-electron chi connectivity index (χ4n) is 3.75. The van der Waals surface area contributed by atoms with Crippen molar-refractivity contribution in [1.29, 1.82) is 0 Å². The quantitative estimate of drug-likeness (QED) is 0.879. The van der Waals surface area contributed by atoms with Crippen molar-refractivity contribution >= 4 is 21.9 Å². The third-order valence-electron chi connectivity index (χ3n) is 4.88. The SMILES string of the molecule is Cc1c2c(c(Br)c(O)c1C1(CC(=O)O)CC1)CCCC2. The van der Waals surface area contributed by atoms with Crippen LogP contribution < -0.4 is 0 Å². The van der Waals surface area contributed by atoms with Crippen LogP contribution in [0.2, 0.25) is 0 Å². The molecule has 2 aliphatic rings. The Bertz CT molecular complexity index is 588. The Kier molecular flexibility index (Phi) is 3.32. The van der Waals surface area contributed by atoms with E-state index in [0.29, 0.717) is 0 Å². The van der Waals surface area contributed by atoms with Crippen LogP contribution in [0.25, 0.3) is 0 Å². The van der Waals surface area contributed by atoms with Crippen molar-refractivity contribution in [2.24, 2.45) is 0 Å². The smallest absolute Gasteiger partial charge is 0.304 e. The average Bonchev–Trinajstić information content (AvgIpc) is 3.16. The van der Waals surface area contributed by atoms with Crippen LogP contribution in [-0.4, -0.2) is 16.2 Å².